The van der Waals surface area contributed by atoms with E-state index in [4.69, 9.17) is 9.47 Å². The third kappa shape index (κ3) is 4.74. The molecule has 0 amide bonds. The number of aryl methyl sites for hydroxylation is 1. The van der Waals surface area contributed by atoms with Crippen LogP contribution >= 0.6 is 15.9 Å². The van der Waals surface area contributed by atoms with Gasteiger partial charge in [-0.3, -0.25) is 4.79 Å². The van der Waals surface area contributed by atoms with Gasteiger partial charge in [0.25, 0.3) is 5.56 Å². The summed E-state index contributed by atoms with van der Waals surface area (Å²) in [6.45, 7) is 6.07. The Morgan fingerprint density at radius 3 is 2.79 bits per heavy atom. The van der Waals surface area contributed by atoms with Crippen molar-refractivity contribution in [3.8, 4) is 11.5 Å². The lowest BCUT2D eigenvalue weighted by Crippen LogP contribution is -2.22. The molecule has 0 saturated carbocycles. The number of hydrogen-bond acceptors (Lipinski definition) is 5. The number of ether oxygens (including phenoxy) is 2. The van der Waals surface area contributed by atoms with Gasteiger partial charge in [-0.1, -0.05) is 35.5 Å². The monoisotopic (exact) mass is 455 g/mol. The number of aromatic nitrogens is 2. The number of halogens is 1. The lowest BCUT2D eigenvalue weighted by molar-refractivity contribution is 0.326. The molecule has 0 spiro atoms. The van der Waals surface area contributed by atoms with Gasteiger partial charge in [0.2, 0.25) is 0 Å². The summed E-state index contributed by atoms with van der Waals surface area (Å²) < 4.78 is 13.1. The molecule has 7 heteroatoms. The molecule has 0 atom stereocenters. The SMILES string of the molecule is C=CCOc1ccc(C=Nn2c(CCC)nc3ccc(Br)cc3c2=O)cc1OC. The molecular weight excluding hydrogens is 434 g/mol. The van der Waals surface area contributed by atoms with Gasteiger partial charge in [-0.2, -0.15) is 9.78 Å². The van der Waals surface area contributed by atoms with Crippen LogP contribution in [0.15, 0.2) is 63.4 Å². The molecule has 6 nitrogen and oxygen atoms in total. The maximum Gasteiger partial charge on any atom is 0.282 e. The molecule has 0 aliphatic heterocycles. The van der Waals surface area contributed by atoms with Crippen LogP contribution in [0, 0.1) is 0 Å². The predicted octanol–water partition coefficient (Wildman–Crippen LogP) is 4.57. The van der Waals surface area contributed by atoms with Crippen molar-refractivity contribution in [3.05, 3.63) is 75.3 Å². The number of nitrogens with zero attached hydrogens (tertiary/aromatic N) is 3. The number of hydrogen-bond donors (Lipinski definition) is 0. The number of rotatable bonds is 8. The van der Waals surface area contributed by atoms with Crippen molar-refractivity contribution < 1.29 is 9.47 Å². The van der Waals surface area contributed by atoms with Crippen LogP contribution < -0.4 is 15.0 Å². The molecule has 3 rings (SSSR count). The van der Waals surface area contributed by atoms with Crippen LogP contribution in [0.5, 0.6) is 11.5 Å². The highest BCUT2D eigenvalue weighted by molar-refractivity contribution is 9.10. The van der Waals surface area contributed by atoms with E-state index in [1.54, 1.807) is 37.6 Å². The van der Waals surface area contributed by atoms with Gasteiger partial charge >= 0.3 is 0 Å². The fraction of sp³-hybridized carbons (Fsp3) is 0.227. The van der Waals surface area contributed by atoms with Crippen molar-refractivity contribution in [2.45, 2.75) is 19.8 Å². The summed E-state index contributed by atoms with van der Waals surface area (Å²) in [5.74, 6) is 1.82. The van der Waals surface area contributed by atoms with Crippen LogP contribution in [0.2, 0.25) is 0 Å². The van der Waals surface area contributed by atoms with Gasteiger partial charge in [-0.05, 0) is 48.4 Å². The van der Waals surface area contributed by atoms with Gasteiger partial charge in [-0.15, -0.1) is 0 Å². The summed E-state index contributed by atoms with van der Waals surface area (Å²) in [4.78, 5) is 17.7. The van der Waals surface area contributed by atoms with Gasteiger partial charge in [0.05, 0.1) is 24.2 Å². The van der Waals surface area contributed by atoms with Gasteiger partial charge in [0, 0.05) is 10.9 Å². The predicted molar refractivity (Wildman–Crippen MR) is 119 cm³/mol. The summed E-state index contributed by atoms with van der Waals surface area (Å²) in [6.07, 6.45) is 4.79. The largest absolute Gasteiger partial charge is 0.493 e. The second kappa shape index (κ2) is 9.52. The summed E-state index contributed by atoms with van der Waals surface area (Å²) >= 11 is 3.41. The Bertz CT molecular complexity index is 1120. The lowest BCUT2D eigenvalue weighted by Gasteiger charge is -2.10. The molecule has 150 valence electrons. The normalized spacial score (nSPS) is 11.1. The van der Waals surface area contributed by atoms with Crippen LogP contribution in [-0.4, -0.2) is 29.6 Å². The van der Waals surface area contributed by atoms with Crippen molar-refractivity contribution >= 4 is 33.0 Å². The first-order chi connectivity index (χ1) is 14.1. The second-order valence-corrected chi connectivity index (χ2v) is 7.23. The third-order valence-corrected chi connectivity index (χ3v) is 4.71. The Balaban J connectivity index is 2.03. The van der Waals surface area contributed by atoms with E-state index in [1.165, 1.54) is 4.68 Å². The summed E-state index contributed by atoms with van der Waals surface area (Å²) in [5.41, 5.74) is 1.24. The molecular formula is C22H22BrN3O3. The van der Waals surface area contributed by atoms with E-state index in [9.17, 15) is 4.79 Å². The zero-order valence-corrected chi connectivity index (χ0v) is 18.0. The quantitative estimate of drug-likeness (QED) is 0.368. The minimum atomic E-state index is -0.200. The van der Waals surface area contributed by atoms with Crippen molar-refractivity contribution in [1.82, 2.24) is 9.66 Å². The Morgan fingerprint density at radius 1 is 1.24 bits per heavy atom. The van der Waals surface area contributed by atoms with E-state index in [0.717, 1.165) is 16.5 Å². The molecule has 1 heterocycles. The summed E-state index contributed by atoms with van der Waals surface area (Å²) in [7, 11) is 1.58. The van der Waals surface area contributed by atoms with Crippen molar-refractivity contribution in [2.24, 2.45) is 5.10 Å². The van der Waals surface area contributed by atoms with Crippen LogP contribution in [-0.2, 0) is 6.42 Å². The molecule has 0 radical (unpaired) electrons. The van der Waals surface area contributed by atoms with Gasteiger partial charge in [-0.25, -0.2) is 4.98 Å². The average molecular weight is 456 g/mol. The highest BCUT2D eigenvalue weighted by Crippen LogP contribution is 2.27. The summed E-state index contributed by atoms with van der Waals surface area (Å²) in [6, 6.07) is 10.9. The van der Waals surface area contributed by atoms with Gasteiger partial charge in [0.1, 0.15) is 12.4 Å². The number of methoxy groups -OCH3 is 1. The van der Waals surface area contributed by atoms with Crippen LogP contribution in [0.1, 0.15) is 24.7 Å². The lowest BCUT2D eigenvalue weighted by atomic mass is 10.2. The van der Waals surface area contributed by atoms with E-state index in [-0.39, 0.29) is 5.56 Å². The van der Waals surface area contributed by atoms with Crippen molar-refractivity contribution in [1.29, 1.82) is 0 Å². The highest BCUT2D eigenvalue weighted by atomic mass is 79.9. The van der Waals surface area contributed by atoms with E-state index in [1.807, 2.05) is 25.1 Å². The zero-order chi connectivity index (χ0) is 20.8. The standard InChI is InChI=1S/C22H22BrN3O3/c1-4-6-21-25-18-9-8-16(23)13-17(18)22(27)26(21)24-14-15-7-10-19(29-11-5-2)20(12-15)28-3/h5,7-10,12-14H,2,4,6,11H2,1,3H3. The van der Waals surface area contributed by atoms with Crippen LogP contribution in [0.4, 0.5) is 0 Å². The molecule has 2 aromatic carbocycles. The first-order valence-electron chi connectivity index (χ1n) is 9.24. The molecule has 0 saturated heterocycles. The van der Waals surface area contributed by atoms with Gasteiger partial charge in [0.15, 0.2) is 11.5 Å². The van der Waals surface area contributed by atoms with Gasteiger partial charge < -0.3 is 9.47 Å². The van der Waals surface area contributed by atoms with E-state index >= 15 is 0 Å². The van der Waals surface area contributed by atoms with E-state index < -0.39 is 0 Å². The van der Waals surface area contributed by atoms with Crippen LogP contribution in [0.25, 0.3) is 10.9 Å². The molecule has 0 aliphatic carbocycles. The molecule has 0 fully saturated rings. The maximum absolute atomic E-state index is 13.0. The fourth-order valence-electron chi connectivity index (χ4n) is 2.86. The number of fused-ring (bicyclic) bond motifs is 1. The van der Waals surface area contributed by atoms with Crippen molar-refractivity contribution in [3.63, 3.8) is 0 Å². The topological polar surface area (TPSA) is 65.7 Å². The molecule has 1 aromatic heterocycles. The average Bonchev–Trinajstić information content (AvgIpc) is 2.73. The highest BCUT2D eigenvalue weighted by Gasteiger charge is 2.11. The minimum Gasteiger partial charge on any atom is -0.493 e. The maximum atomic E-state index is 13.0. The van der Waals surface area contributed by atoms with E-state index in [0.29, 0.717) is 41.3 Å². The Kier molecular flexibility index (Phi) is 6.82. The third-order valence-electron chi connectivity index (χ3n) is 4.22. The van der Waals surface area contributed by atoms with E-state index in [2.05, 4.69) is 32.6 Å². The molecule has 0 aliphatic rings. The Morgan fingerprint density at radius 2 is 2.07 bits per heavy atom. The smallest absolute Gasteiger partial charge is 0.282 e. The second-order valence-electron chi connectivity index (χ2n) is 6.31. The zero-order valence-electron chi connectivity index (χ0n) is 16.4. The molecule has 0 N–H and O–H groups in total. The fourth-order valence-corrected chi connectivity index (χ4v) is 3.22. The minimum absolute atomic E-state index is 0.200. The summed E-state index contributed by atoms with van der Waals surface area (Å²) in [5, 5.41) is 4.95. The molecule has 3 aromatic rings. The molecule has 0 unspecified atom stereocenters. The van der Waals surface area contributed by atoms with Crippen LogP contribution in [0.3, 0.4) is 0 Å². The number of benzene rings is 2. The first kappa shape index (κ1) is 20.8. The van der Waals surface area contributed by atoms with Crippen molar-refractivity contribution in [2.75, 3.05) is 13.7 Å². The molecule has 0 bridgehead atoms. The Labute approximate surface area is 177 Å². The Hall–Kier alpha value is -2.93. The molecule has 29 heavy (non-hydrogen) atoms. The first-order valence-corrected chi connectivity index (χ1v) is 10.0.